The van der Waals surface area contributed by atoms with Crippen LogP contribution < -0.4 is 4.74 Å². The van der Waals surface area contributed by atoms with E-state index >= 15 is 0 Å². The second kappa shape index (κ2) is 5.85. The molecule has 4 heteroatoms. The van der Waals surface area contributed by atoms with Gasteiger partial charge in [-0.25, -0.2) is 0 Å². The molecule has 0 saturated carbocycles. The van der Waals surface area contributed by atoms with Gasteiger partial charge in [0.05, 0.1) is 12.6 Å². The fraction of sp³-hybridized carbons (Fsp3) is 0.500. The normalized spacial score (nSPS) is 11.7. The number of hydrogen-bond acceptors (Lipinski definition) is 3. The van der Waals surface area contributed by atoms with Crippen LogP contribution in [0.3, 0.4) is 0 Å². The molecule has 1 rings (SSSR count). The van der Waals surface area contributed by atoms with Gasteiger partial charge in [0, 0.05) is 10.9 Å². The highest BCUT2D eigenvalue weighted by Crippen LogP contribution is 2.25. The molecular formula is C14H20BrNO2. The number of carbonyl (C=O) groups excluding carboxylic acids is 1. The first-order valence-electron chi connectivity index (χ1n) is 5.82. The van der Waals surface area contributed by atoms with Crippen molar-refractivity contribution in [3.8, 4) is 5.75 Å². The number of methoxy groups -OCH3 is 1. The first-order chi connectivity index (χ1) is 8.28. The minimum absolute atomic E-state index is 0.182. The Morgan fingerprint density at radius 2 is 2.00 bits per heavy atom. The van der Waals surface area contributed by atoms with E-state index in [1.807, 2.05) is 51.0 Å². The summed E-state index contributed by atoms with van der Waals surface area (Å²) in [4.78, 5) is 14.3. The molecule has 0 heterocycles. The predicted octanol–water partition coefficient (Wildman–Crippen LogP) is 2.91. The Kier molecular flexibility index (Phi) is 4.93. The van der Waals surface area contributed by atoms with Crippen LogP contribution in [0.4, 0.5) is 0 Å². The van der Waals surface area contributed by atoms with Crippen LogP contribution in [-0.2, 0) is 11.2 Å². The lowest BCUT2D eigenvalue weighted by Crippen LogP contribution is -2.46. The van der Waals surface area contributed by atoms with Crippen molar-refractivity contribution >= 4 is 21.7 Å². The molecule has 0 amide bonds. The average Bonchev–Trinajstić information content (AvgIpc) is 2.31. The molecule has 0 unspecified atom stereocenters. The zero-order valence-corrected chi connectivity index (χ0v) is 13.2. The number of ketones is 1. The fourth-order valence-electron chi connectivity index (χ4n) is 1.45. The third-order valence-corrected chi connectivity index (χ3v) is 4.18. The van der Waals surface area contributed by atoms with Gasteiger partial charge >= 0.3 is 0 Å². The number of ether oxygens (including phenoxy) is 1. The maximum Gasteiger partial charge on any atom is 0.156 e. The number of rotatable bonds is 5. The maximum absolute atomic E-state index is 12.3. The van der Waals surface area contributed by atoms with E-state index in [1.54, 1.807) is 7.11 Å². The lowest BCUT2D eigenvalue weighted by molar-refractivity contribution is -0.127. The minimum atomic E-state index is -0.470. The highest BCUT2D eigenvalue weighted by atomic mass is 79.9. The fourth-order valence-corrected chi connectivity index (χ4v) is 1.84. The van der Waals surface area contributed by atoms with E-state index in [0.29, 0.717) is 6.42 Å². The first-order valence-corrected chi connectivity index (χ1v) is 6.61. The average molecular weight is 314 g/mol. The highest BCUT2D eigenvalue weighted by molar-refractivity contribution is 9.10. The number of benzene rings is 1. The molecule has 0 aliphatic heterocycles. The summed E-state index contributed by atoms with van der Waals surface area (Å²) in [5, 5.41) is 0. The van der Waals surface area contributed by atoms with Gasteiger partial charge in [-0.15, -0.1) is 0 Å². The summed E-state index contributed by atoms with van der Waals surface area (Å²) in [6.45, 7) is 3.87. The molecule has 0 spiro atoms. The molecule has 0 N–H and O–H groups in total. The van der Waals surface area contributed by atoms with Crippen molar-refractivity contribution in [2.45, 2.75) is 25.8 Å². The molecule has 0 atom stereocenters. The van der Waals surface area contributed by atoms with Crippen LogP contribution in [0.1, 0.15) is 19.4 Å². The predicted molar refractivity (Wildman–Crippen MR) is 77.2 cm³/mol. The van der Waals surface area contributed by atoms with Crippen LogP contribution in [0.5, 0.6) is 5.75 Å². The molecule has 0 fully saturated rings. The third kappa shape index (κ3) is 3.33. The minimum Gasteiger partial charge on any atom is -0.497 e. The molecule has 0 aliphatic carbocycles. The lowest BCUT2D eigenvalue weighted by atomic mass is 9.92. The van der Waals surface area contributed by atoms with Crippen LogP contribution in [0.25, 0.3) is 0 Å². The van der Waals surface area contributed by atoms with Crippen molar-refractivity contribution in [2.75, 3.05) is 21.2 Å². The summed E-state index contributed by atoms with van der Waals surface area (Å²) < 4.78 is 6.12. The SMILES string of the molecule is COc1ccc(Br)c(CC(=O)C(C)(C)N(C)C)c1. The zero-order valence-electron chi connectivity index (χ0n) is 11.6. The number of nitrogens with zero attached hydrogens (tertiary/aromatic N) is 1. The molecule has 3 nitrogen and oxygen atoms in total. The largest absolute Gasteiger partial charge is 0.497 e. The summed E-state index contributed by atoms with van der Waals surface area (Å²) in [5.74, 6) is 0.949. The zero-order chi connectivity index (χ0) is 13.9. The Labute approximate surface area is 117 Å². The molecule has 0 saturated heterocycles. The number of halogens is 1. The smallest absolute Gasteiger partial charge is 0.156 e. The summed E-state index contributed by atoms with van der Waals surface area (Å²) in [5.41, 5.74) is 0.483. The van der Waals surface area contributed by atoms with Gasteiger partial charge in [0.15, 0.2) is 5.78 Å². The van der Waals surface area contributed by atoms with Gasteiger partial charge in [-0.2, -0.15) is 0 Å². The summed E-state index contributed by atoms with van der Waals surface area (Å²) in [6, 6.07) is 5.67. The monoisotopic (exact) mass is 313 g/mol. The second-order valence-corrected chi connectivity index (χ2v) is 5.87. The van der Waals surface area contributed by atoms with Crippen molar-refractivity contribution in [1.82, 2.24) is 4.90 Å². The Morgan fingerprint density at radius 3 is 2.50 bits per heavy atom. The number of likely N-dealkylation sites (N-methyl/N-ethyl adjacent to an activating group) is 1. The van der Waals surface area contributed by atoms with E-state index in [4.69, 9.17) is 4.74 Å². The van der Waals surface area contributed by atoms with Gasteiger partial charge in [-0.3, -0.25) is 9.69 Å². The molecule has 1 aromatic rings. The van der Waals surface area contributed by atoms with Crippen molar-refractivity contribution in [3.05, 3.63) is 28.2 Å². The summed E-state index contributed by atoms with van der Waals surface area (Å²) >= 11 is 3.47. The van der Waals surface area contributed by atoms with E-state index in [0.717, 1.165) is 15.8 Å². The van der Waals surface area contributed by atoms with Crippen LogP contribution in [-0.4, -0.2) is 37.4 Å². The topological polar surface area (TPSA) is 29.5 Å². The molecule has 0 aromatic heterocycles. The molecule has 1 aromatic carbocycles. The van der Waals surface area contributed by atoms with E-state index in [9.17, 15) is 4.79 Å². The van der Waals surface area contributed by atoms with E-state index < -0.39 is 5.54 Å². The van der Waals surface area contributed by atoms with Gasteiger partial charge in [0.1, 0.15) is 5.75 Å². The van der Waals surface area contributed by atoms with Gasteiger partial charge in [-0.05, 0) is 51.7 Å². The quantitative estimate of drug-likeness (QED) is 0.837. The van der Waals surface area contributed by atoms with Crippen molar-refractivity contribution in [1.29, 1.82) is 0 Å². The van der Waals surface area contributed by atoms with Gasteiger partial charge in [0.25, 0.3) is 0 Å². The molecule has 0 radical (unpaired) electrons. The Hall–Kier alpha value is -0.870. The van der Waals surface area contributed by atoms with Gasteiger partial charge in [0.2, 0.25) is 0 Å². The number of carbonyl (C=O) groups is 1. The number of Topliss-reactive ketones (excluding diaryl/α,β-unsaturated/α-hetero) is 1. The Morgan fingerprint density at radius 1 is 1.39 bits per heavy atom. The van der Waals surface area contributed by atoms with E-state index in [-0.39, 0.29) is 5.78 Å². The molecule has 100 valence electrons. The molecular weight excluding hydrogens is 294 g/mol. The molecule has 0 bridgehead atoms. The third-order valence-electron chi connectivity index (χ3n) is 3.40. The first kappa shape index (κ1) is 15.2. The van der Waals surface area contributed by atoms with Gasteiger partial charge < -0.3 is 4.74 Å². The van der Waals surface area contributed by atoms with E-state index in [1.165, 1.54) is 0 Å². The van der Waals surface area contributed by atoms with E-state index in [2.05, 4.69) is 15.9 Å². The summed E-state index contributed by atoms with van der Waals surface area (Å²) in [6.07, 6.45) is 0.392. The van der Waals surface area contributed by atoms with Crippen molar-refractivity contribution in [3.63, 3.8) is 0 Å². The van der Waals surface area contributed by atoms with Crippen molar-refractivity contribution < 1.29 is 9.53 Å². The van der Waals surface area contributed by atoms with Crippen LogP contribution >= 0.6 is 15.9 Å². The van der Waals surface area contributed by atoms with Crippen LogP contribution in [0.2, 0.25) is 0 Å². The highest BCUT2D eigenvalue weighted by Gasteiger charge is 2.29. The Bertz CT molecular complexity index is 441. The van der Waals surface area contributed by atoms with Crippen LogP contribution in [0, 0.1) is 0 Å². The summed E-state index contributed by atoms with van der Waals surface area (Å²) in [7, 11) is 5.45. The standard InChI is InChI=1S/C14H20BrNO2/c1-14(2,16(3)4)13(17)9-10-8-11(18-5)6-7-12(10)15/h6-8H,9H2,1-5H3. The lowest BCUT2D eigenvalue weighted by Gasteiger charge is -2.31. The maximum atomic E-state index is 12.3. The number of hydrogen-bond donors (Lipinski definition) is 0. The Balaban J connectivity index is 2.94. The second-order valence-electron chi connectivity index (χ2n) is 5.01. The van der Waals surface area contributed by atoms with Crippen LogP contribution in [0.15, 0.2) is 22.7 Å². The molecule has 18 heavy (non-hydrogen) atoms. The van der Waals surface area contributed by atoms with Crippen molar-refractivity contribution in [2.24, 2.45) is 0 Å². The molecule has 0 aliphatic rings. The van der Waals surface area contributed by atoms with Gasteiger partial charge in [-0.1, -0.05) is 15.9 Å².